The average Bonchev–Trinajstić information content (AvgIpc) is 2.93. The molecule has 0 aromatic heterocycles. The lowest BCUT2D eigenvalue weighted by Gasteiger charge is -2.39. The van der Waals surface area contributed by atoms with Crippen molar-refractivity contribution in [2.45, 2.75) is 46.1 Å². The molecule has 6 heteroatoms. The number of rotatable bonds is 6. The van der Waals surface area contributed by atoms with Gasteiger partial charge in [0.15, 0.2) is 5.60 Å². The molecule has 0 aliphatic heterocycles. The van der Waals surface area contributed by atoms with Gasteiger partial charge in [-0.2, -0.15) is 0 Å². The number of hydrogen-bond donors (Lipinski definition) is 1. The summed E-state index contributed by atoms with van der Waals surface area (Å²) in [5.41, 5.74) is 0.215. The summed E-state index contributed by atoms with van der Waals surface area (Å²) in [6.45, 7) is 8.07. The zero-order valence-corrected chi connectivity index (χ0v) is 23.7. The number of methoxy groups -OCH3 is 3. The lowest BCUT2D eigenvalue weighted by atomic mass is 9.66. The molecule has 6 nitrogen and oxygen atoms in total. The normalized spacial score (nSPS) is 19.3. The molecule has 0 fully saturated rings. The molecule has 1 atom stereocenters. The van der Waals surface area contributed by atoms with Crippen molar-refractivity contribution in [2.75, 3.05) is 21.3 Å². The van der Waals surface area contributed by atoms with Gasteiger partial charge in [-0.25, -0.2) is 4.79 Å². The highest BCUT2D eigenvalue weighted by Gasteiger charge is 2.51. The Morgan fingerprint density at radius 1 is 0.923 bits per heavy atom. The van der Waals surface area contributed by atoms with Crippen LogP contribution in [0.4, 0.5) is 0 Å². The number of ketones is 1. The number of unbranched alkanes of at least 4 members (excludes halogenated alkanes) is 1. The van der Waals surface area contributed by atoms with E-state index < -0.39 is 22.8 Å². The van der Waals surface area contributed by atoms with E-state index in [1.807, 2.05) is 64.1 Å². The van der Waals surface area contributed by atoms with E-state index in [9.17, 15) is 14.7 Å². The number of ether oxygens (including phenoxy) is 3. The van der Waals surface area contributed by atoms with Gasteiger partial charge in [0.25, 0.3) is 0 Å². The van der Waals surface area contributed by atoms with Gasteiger partial charge in [-0.15, -0.1) is 0 Å². The first-order valence-electron chi connectivity index (χ1n) is 13.1. The predicted octanol–water partition coefficient (Wildman–Crippen LogP) is 6.73. The summed E-state index contributed by atoms with van der Waals surface area (Å²) in [6, 6.07) is 14.1. The molecule has 1 aliphatic carbocycles. The molecule has 4 rings (SSSR count). The molecule has 0 saturated carbocycles. The minimum Gasteiger partial charge on any atom is -0.495 e. The Balaban J connectivity index is 2.21. The van der Waals surface area contributed by atoms with Crippen molar-refractivity contribution in [2.24, 2.45) is 5.41 Å². The molecular formula is C33H36O6. The Kier molecular flexibility index (Phi) is 7.71. The number of carbonyl (C=O) groups excluding carboxylic acids is 2. The largest absolute Gasteiger partial charge is 0.495 e. The van der Waals surface area contributed by atoms with Crippen LogP contribution in [-0.4, -0.2) is 38.2 Å². The number of fused-ring (bicyclic) bond motifs is 2. The summed E-state index contributed by atoms with van der Waals surface area (Å²) >= 11 is 0. The highest BCUT2D eigenvalue weighted by atomic mass is 16.5. The zero-order valence-electron chi connectivity index (χ0n) is 23.7. The number of aliphatic hydroxyl groups is 1. The van der Waals surface area contributed by atoms with E-state index in [4.69, 9.17) is 14.2 Å². The number of benzene rings is 3. The van der Waals surface area contributed by atoms with Crippen molar-refractivity contribution >= 4 is 33.7 Å². The fourth-order valence-corrected chi connectivity index (χ4v) is 5.27. The lowest BCUT2D eigenvalue weighted by Crippen LogP contribution is -2.42. The van der Waals surface area contributed by atoms with E-state index in [0.29, 0.717) is 51.3 Å². The maximum Gasteiger partial charge on any atom is 0.337 e. The second-order valence-corrected chi connectivity index (χ2v) is 10.8. The molecule has 3 aromatic rings. The molecule has 0 bridgehead atoms. The Morgan fingerprint density at radius 3 is 1.97 bits per heavy atom. The first-order chi connectivity index (χ1) is 18.5. The number of allylic oxidation sites excluding steroid dienone is 2. The first-order valence-corrected chi connectivity index (χ1v) is 13.1. The third-order valence-corrected chi connectivity index (χ3v) is 6.97. The first kappa shape index (κ1) is 28.1. The van der Waals surface area contributed by atoms with Crippen LogP contribution in [0.25, 0.3) is 21.9 Å². The number of esters is 1. The topological polar surface area (TPSA) is 82.1 Å². The highest BCUT2D eigenvalue weighted by molar-refractivity contribution is 6.34. The maximum absolute atomic E-state index is 14.5. The van der Waals surface area contributed by atoms with Gasteiger partial charge in [0.1, 0.15) is 11.5 Å². The minimum absolute atomic E-state index is 0.321. The molecule has 0 amide bonds. The van der Waals surface area contributed by atoms with Gasteiger partial charge in [-0.1, -0.05) is 82.7 Å². The Hall–Kier alpha value is -3.90. The fraction of sp³-hybridized carbons (Fsp3) is 0.333. The lowest BCUT2D eigenvalue weighted by molar-refractivity contribution is -0.126. The smallest absolute Gasteiger partial charge is 0.337 e. The van der Waals surface area contributed by atoms with E-state index in [0.717, 1.165) is 17.2 Å². The maximum atomic E-state index is 14.5. The summed E-state index contributed by atoms with van der Waals surface area (Å²) in [7, 11) is 4.50. The Labute approximate surface area is 229 Å². The summed E-state index contributed by atoms with van der Waals surface area (Å²) in [4.78, 5) is 26.7. The van der Waals surface area contributed by atoms with Crippen LogP contribution >= 0.6 is 0 Å². The van der Waals surface area contributed by atoms with Crippen LogP contribution in [0, 0.1) is 5.41 Å². The van der Waals surface area contributed by atoms with Crippen molar-refractivity contribution < 1.29 is 28.9 Å². The molecule has 3 aromatic carbocycles. The number of Topliss-reactive ketones (excluding diaryl/α,β-unsaturated/α-hetero) is 1. The van der Waals surface area contributed by atoms with E-state index in [1.54, 1.807) is 38.5 Å². The van der Waals surface area contributed by atoms with Crippen molar-refractivity contribution in [3.8, 4) is 11.5 Å². The summed E-state index contributed by atoms with van der Waals surface area (Å²) in [5, 5.41) is 14.2. The van der Waals surface area contributed by atoms with Gasteiger partial charge < -0.3 is 19.3 Å². The molecule has 0 saturated heterocycles. The van der Waals surface area contributed by atoms with Crippen LogP contribution in [0.15, 0.2) is 60.7 Å². The molecule has 1 N–H and O–H groups in total. The molecule has 1 aliphatic rings. The van der Waals surface area contributed by atoms with Crippen LogP contribution in [0.3, 0.4) is 0 Å². The zero-order chi connectivity index (χ0) is 28.5. The van der Waals surface area contributed by atoms with Crippen LogP contribution in [0.2, 0.25) is 0 Å². The van der Waals surface area contributed by atoms with E-state index in [-0.39, 0.29) is 0 Å². The predicted molar refractivity (Wildman–Crippen MR) is 154 cm³/mol. The molecule has 0 radical (unpaired) electrons. The Bertz CT molecular complexity index is 1490. The van der Waals surface area contributed by atoms with Gasteiger partial charge in [-0.3, -0.25) is 4.79 Å². The SMILES string of the molecule is CCC/C=C1/C(=O)[C@](O)(c2ccc(C(=O)OC)cc2)/C(=C/C(C)(C)C)c2c1c(OC)c1ccccc1c2OC. The van der Waals surface area contributed by atoms with Gasteiger partial charge >= 0.3 is 5.97 Å². The fourth-order valence-electron chi connectivity index (χ4n) is 5.27. The molecule has 0 spiro atoms. The molecule has 0 unspecified atom stereocenters. The molecule has 0 heterocycles. The highest BCUT2D eigenvalue weighted by Crippen LogP contribution is 2.56. The van der Waals surface area contributed by atoms with Gasteiger partial charge in [0.05, 0.1) is 26.9 Å². The summed E-state index contributed by atoms with van der Waals surface area (Å²) < 4.78 is 16.9. The van der Waals surface area contributed by atoms with Crippen molar-refractivity contribution in [1.29, 1.82) is 0 Å². The molecule has 204 valence electrons. The van der Waals surface area contributed by atoms with E-state index in [2.05, 4.69) is 0 Å². The minimum atomic E-state index is -2.05. The van der Waals surface area contributed by atoms with Crippen molar-refractivity contribution in [3.05, 3.63) is 82.9 Å². The summed E-state index contributed by atoms with van der Waals surface area (Å²) in [6.07, 6.45) is 5.25. The van der Waals surface area contributed by atoms with Crippen LogP contribution < -0.4 is 9.47 Å². The van der Waals surface area contributed by atoms with Crippen molar-refractivity contribution in [3.63, 3.8) is 0 Å². The van der Waals surface area contributed by atoms with E-state index >= 15 is 0 Å². The second-order valence-electron chi connectivity index (χ2n) is 10.8. The van der Waals surface area contributed by atoms with Crippen LogP contribution in [-0.2, 0) is 15.1 Å². The Morgan fingerprint density at radius 2 is 1.49 bits per heavy atom. The third-order valence-electron chi connectivity index (χ3n) is 6.97. The van der Waals surface area contributed by atoms with E-state index in [1.165, 1.54) is 7.11 Å². The van der Waals surface area contributed by atoms with Crippen LogP contribution in [0.5, 0.6) is 11.5 Å². The van der Waals surface area contributed by atoms with Gasteiger partial charge in [0, 0.05) is 33.0 Å². The monoisotopic (exact) mass is 528 g/mol. The molecule has 39 heavy (non-hydrogen) atoms. The number of hydrogen-bond acceptors (Lipinski definition) is 6. The average molecular weight is 529 g/mol. The van der Waals surface area contributed by atoms with Gasteiger partial charge in [0.2, 0.25) is 5.78 Å². The second kappa shape index (κ2) is 10.7. The standard InChI is InChI=1S/C33H36O6/c1-8-9-12-24-26-27(29(38-6)23-14-11-10-13-22(23)28(26)37-5)25(19-32(2,3)4)33(36,30(24)34)21-17-15-20(16-18-21)31(35)39-7/h10-19,36H,8-9H2,1-7H3/b24-12+,25-19+/t33-/m0/s1. The third kappa shape index (κ3) is 4.74. The number of carbonyl (C=O) groups is 2. The quantitative estimate of drug-likeness (QED) is 0.282. The van der Waals surface area contributed by atoms with Crippen LogP contribution in [0.1, 0.15) is 67.6 Å². The summed E-state index contributed by atoms with van der Waals surface area (Å²) in [5.74, 6) is 0.150. The molecular weight excluding hydrogens is 492 g/mol. The van der Waals surface area contributed by atoms with Crippen molar-refractivity contribution in [1.82, 2.24) is 0 Å². The van der Waals surface area contributed by atoms with Gasteiger partial charge in [-0.05, 0) is 29.5 Å².